The number of carbonyl (C=O) groups excluding carboxylic acids is 2. The predicted octanol–water partition coefficient (Wildman–Crippen LogP) is -0.884. The lowest BCUT2D eigenvalue weighted by atomic mass is 10.3. The van der Waals surface area contributed by atoms with E-state index in [1.807, 2.05) is 0 Å². The van der Waals surface area contributed by atoms with Crippen molar-refractivity contribution in [2.75, 3.05) is 0 Å². The summed E-state index contributed by atoms with van der Waals surface area (Å²) >= 11 is 0. The normalized spacial score (nSPS) is 17.4. The molecule has 0 aromatic carbocycles. The van der Waals surface area contributed by atoms with E-state index in [9.17, 15) is 9.59 Å². The van der Waals surface area contributed by atoms with E-state index < -0.39 is 11.9 Å². The van der Waals surface area contributed by atoms with Gasteiger partial charge in [-0.2, -0.15) is 0 Å². The summed E-state index contributed by atoms with van der Waals surface area (Å²) < 4.78 is 0. The second kappa shape index (κ2) is 4.07. The number of aromatic nitrogens is 2. The number of amides is 3. The molecule has 3 amide bonds. The first kappa shape index (κ1) is 10.2. The second-order valence-electron chi connectivity index (χ2n) is 3.07. The minimum Gasteiger partial charge on any atom is -0.324 e. The van der Waals surface area contributed by atoms with Gasteiger partial charge in [0.2, 0.25) is 0 Å². The Balaban J connectivity index is 2.28. The van der Waals surface area contributed by atoms with Gasteiger partial charge >= 0.3 is 6.03 Å². The number of urea groups is 1. The van der Waals surface area contributed by atoms with Gasteiger partial charge in [-0.25, -0.2) is 14.8 Å². The van der Waals surface area contributed by atoms with Crippen LogP contribution in [0.2, 0.25) is 0 Å². The fraction of sp³-hybridized carbons (Fsp3) is 0.111. The van der Waals surface area contributed by atoms with Crippen LogP contribution in [0.3, 0.4) is 0 Å². The van der Waals surface area contributed by atoms with Gasteiger partial charge in [0, 0.05) is 6.20 Å². The molecule has 2 heterocycles. The van der Waals surface area contributed by atoms with Crippen LogP contribution in [0.5, 0.6) is 0 Å². The smallest absolute Gasteiger partial charge is 0.324 e. The summed E-state index contributed by atoms with van der Waals surface area (Å²) in [5.74, 6) is -0.00278. The summed E-state index contributed by atoms with van der Waals surface area (Å²) in [6.45, 7) is 0.218. The van der Waals surface area contributed by atoms with Gasteiger partial charge in [0.1, 0.15) is 11.5 Å². The van der Waals surface area contributed by atoms with Crippen molar-refractivity contribution in [3.05, 3.63) is 29.5 Å². The molecule has 16 heavy (non-hydrogen) atoms. The van der Waals surface area contributed by atoms with Crippen molar-refractivity contribution in [3.63, 3.8) is 0 Å². The first-order chi connectivity index (χ1) is 7.69. The Kier molecular flexibility index (Phi) is 2.61. The van der Waals surface area contributed by atoms with E-state index in [1.165, 1.54) is 12.3 Å². The van der Waals surface area contributed by atoms with Crippen LogP contribution >= 0.6 is 0 Å². The molecule has 2 rings (SSSR count). The molecule has 82 valence electrons. The standard InChI is InChI=1S/C9H9N5O2/c10-4-7-11-2-1-5(12-7)3-6-8(15)14-9(16)13-6/h1-3H,4,10H2,(H2,13,14,15,16). The number of carbonyl (C=O) groups is 2. The van der Waals surface area contributed by atoms with Crippen LogP contribution in [-0.4, -0.2) is 21.9 Å². The van der Waals surface area contributed by atoms with Gasteiger partial charge in [-0.3, -0.25) is 10.1 Å². The van der Waals surface area contributed by atoms with Crippen LogP contribution in [0.4, 0.5) is 4.79 Å². The summed E-state index contributed by atoms with van der Waals surface area (Å²) in [5, 5.41) is 4.45. The monoisotopic (exact) mass is 219 g/mol. The molecule has 4 N–H and O–H groups in total. The van der Waals surface area contributed by atoms with Crippen LogP contribution < -0.4 is 16.4 Å². The molecule has 1 saturated heterocycles. The molecule has 0 aliphatic carbocycles. The van der Waals surface area contributed by atoms with Gasteiger partial charge in [0.05, 0.1) is 12.2 Å². The molecule has 1 aliphatic rings. The van der Waals surface area contributed by atoms with Gasteiger partial charge in [-0.05, 0) is 12.1 Å². The molecule has 1 aliphatic heterocycles. The maximum atomic E-state index is 11.2. The number of imide groups is 1. The van der Waals surface area contributed by atoms with Crippen molar-refractivity contribution in [3.8, 4) is 0 Å². The molecule has 1 aromatic rings. The van der Waals surface area contributed by atoms with E-state index in [-0.39, 0.29) is 12.2 Å². The Bertz CT molecular complexity index is 483. The Morgan fingerprint density at radius 2 is 2.19 bits per heavy atom. The lowest BCUT2D eigenvalue weighted by molar-refractivity contribution is -0.115. The molecule has 0 atom stereocenters. The van der Waals surface area contributed by atoms with Crippen molar-refractivity contribution >= 4 is 18.0 Å². The quantitative estimate of drug-likeness (QED) is 0.441. The highest BCUT2D eigenvalue weighted by Gasteiger charge is 2.22. The maximum absolute atomic E-state index is 11.2. The lowest BCUT2D eigenvalue weighted by Crippen LogP contribution is -2.22. The molecule has 0 bridgehead atoms. The Labute approximate surface area is 90.8 Å². The average molecular weight is 219 g/mol. The minimum absolute atomic E-state index is 0.159. The summed E-state index contributed by atoms with van der Waals surface area (Å²) in [4.78, 5) is 30.0. The highest BCUT2D eigenvalue weighted by atomic mass is 16.2. The van der Waals surface area contributed by atoms with Gasteiger partial charge in [-0.15, -0.1) is 0 Å². The Hall–Kier alpha value is -2.28. The van der Waals surface area contributed by atoms with E-state index in [0.29, 0.717) is 11.5 Å². The van der Waals surface area contributed by atoms with E-state index in [4.69, 9.17) is 5.73 Å². The van der Waals surface area contributed by atoms with Crippen molar-refractivity contribution < 1.29 is 9.59 Å². The van der Waals surface area contributed by atoms with Crippen LogP contribution in [0.25, 0.3) is 6.08 Å². The topological polar surface area (TPSA) is 110 Å². The van der Waals surface area contributed by atoms with E-state index in [0.717, 1.165) is 0 Å². The zero-order valence-corrected chi connectivity index (χ0v) is 8.23. The number of hydrogen-bond donors (Lipinski definition) is 3. The van der Waals surface area contributed by atoms with E-state index >= 15 is 0 Å². The first-order valence-electron chi connectivity index (χ1n) is 4.55. The van der Waals surface area contributed by atoms with E-state index in [2.05, 4.69) is 20.6 Å². The third-order valence-corrected chi connectivity index (χ3v) is 1.92. The molecule has 0 unspecified atom stereocenters. The molecule has 7 heteroatoms. The Morgan fingerprint density at radius 3 is 2.81 bits per heavy atom. The van der Waals surface area contributed by atoms with Crippen LogP contribution in [0.15, 0.2) is 18.0 Å². The maximum Gasteiger partial charge on any atom is 0.326 e. The molecule has 7 nitrogen and oxygen atoms in total. The SMILES string of the molecule is NCc1nccc(C=C2NC(=O)NC2=O)n1. The fourth-order valence-electron chi connectivity index (χ4n) is 1.22. The number of nitrogens with zero attached hydrogens (tertiary/aromatic N) is 2. The van der Waals surface area contributed by atoms with Gasteiger partial charge in [0.25, 0.3) is 5.91 Å². The highest BCUT2D eigenvalue weighted by Crippen LogP contribution is 2.05. The molecule has 0 radical (unpaired) electrons. The Morgan fingerprint density at radius 1 is 1.38 bits per heavy atom. The largest absolute Gasteiger partial charge is 0.326 e. The van der Waals surface area contributed by atoms with Gasteiger partial charge in [0.15, 0.2) is 0 Å². The molecule has 1 fully saturated rings. The second-order valence-corrected chi connectivity index (χ2v) is 3.07. The predicted molar refractivity (Wildman–Crippen MR) is 54.6 cm³/mol. The molecular formula is C9H9N5O2. The van der Waals surface area contributed by atoms with Crippen LogP contribution in [0.1, 0.15) is 11.5 Å². The van der Waals surface area contributed by atoms with Crippen molar-refractivity contribution in [2.45, 2.75) is 6.54 Å². The number of hydrogen-bond acceptors (Lipinski definition) is 5. The lowest BCUT2D eigenvalue weighted by Gasteiger charge is -1.97. The molecular weight excluding hydrogens is 210 g/mol. The molecule has 0 spiro atoms. The third-order valence-electron chi connectivity index (χ3n) is 1.92. The zero-order valence-electron chi connectivity index (χ0n) is 8.23. The van der Waals surface area contributed by atoms with Gasteiger partial charge < -0.3 is 11.1 Å². The third kappa shape index (κ3) is 2.04. The van der Waals surface area contributed by atoms with Crippen molar-refractivity contribution in [2.24, 2.45) is 5.73 Å². The molecule has 0 saturated carbocycles. The average Bonchev–Trinajstić information content (AvgIpc) is 2.58. The molecule has 1 aromatic heterocycles. The number of nitrogens with one attached hydrogen (secondary N) is 2. The highest BCUT2D eigenvalue weighted by molar-refractivity contribution is 6.13. The summed E-state index contributed by atoms with van der Waals surface area (Å²) in [6.07, 6.45) is 3.00. The zero-order chi connectivity index (χ0) is 11.5. The van der Waals surface area contributed by atoms with Gasteiger partial charge in [-0.1, -0.05) is 0 Å². The fourth-order valence-corrected chi connectivity index (χ4v) is 1.22. The summed E-state index contributed by atoms with van der Waals surface area (Å²) in [5.41, 5.74) is 6.06. The van der Waals surface area contributed by atoms with Crippen LogP contribution in [-0.2, 0) is 11.3 Å². The number of rotatable bonds is 2. The van der Waals surface area contributed by atoms with E-state index in [1.54, 1.807) is 6.07 Å². The summed E-state index contributed by atoms with van der Waals surface area (Å²) in [7, 11) is 0. The summed E-state index contributed by atoms with van der Waals surface area (Å²) in [6, 6.07) is 1.08. The first-order valence-corrected chi connectivity index (χ1v) is 4.55. The van der Waals surface area contributed by atoms with Crippen molar-refractivity contribution in [1.29, 1.82) is 0 Å². The number of nitrogens with two attached hydrogens (primary N) is 1. The van der Waals surface area contributed by atoms with Crippen LogP contribution in [0, 0.1) is 0 Å². The van der Waals surface area contributed by atoms with Crippen molar-refractivity contribution in [1.82, 2.24) is 20.6 Å². The minimum atomic E-state index is -0.538.